The van der Waals surface area contributed by atoms with E-state index in [0.29, 0.717) is 6.61 Å². The van der Waals surface area contributed by atoms with Crippen molar-refractivity contribution in [1.29, 1.82) is 0 Å². The molecule has 2 N–H and O–H groups in total. The van der Waals surface area contributed by atoms with E-state index in [4.69, 9.17) is 10.5 Å². The van der Waals surface area contributed by atoms with Crippen LogP contribution in [0.3, 0.4) is 0 Å². The largest absolute Gasteiger partial charge is 0.494 e. The van der Waals surface area contributed by atoms with Crippen LogP contribution < -0.4 is 10.5 Å². The van der Waals surface area contributed by atoms with Gasteiger partial charge in [0.1, 0.15) is 5.75 Å². The maximum atomic E-state index is 11.8. The van der Waals surface area contributed by atoms with Crippen molar-refractivity contribution < 1.29 is 9.53 Å². The lowest BCUT2D eigenvalue weighted by Crippen LogP contribution is -2.52. The van der Waals surface area contributed by atoms with Crippen LogP contribution in [0.15, 0.2) is 28.7 Å². The minimum absolute atomic E-state index is 0.0539. The second kappa shape index (κ2) is 8.50. The van der Waals surface area contributed by atoms with E-state index in [1.54, 1.807) is 6.92 Å². The van der Waals surface area contributed by atoms with E-state index in [2.05, 4.69) is 20.8 Å². The highest BCUT2D eigenvalue weighted by Gasteiger charge is 2.22. The molecular formula is C16H24BrN3O2. The molecule has 1 heterocycles. The van der Waals surface area contributed by atoms with Gasteiger partial charge in [0.05, 0.1) is 12.6 Å². The topological polar surface area (TPSA) is 58.8 Å². The van der Waals surface area contributed by atoms with Gasteiger partial charge in [-0.2, -0.15) is 0 Å². The minimum Gasteiger partial charge on any atom is -0.494 e. The summed E-state index contributed by atoms with van der Waals surface area (Å²) in [7, 11) is 0. The Balaban J connectivity index is 1.61. The van der Waals surface area contributed by atoms with Gasteiger partial charge in [-0.3, -0.25) is 9.69 Å². The Kier molecular flexibility index (Phi) is 6.67. The fraction of sp³-hybridized carbons (Fsp3) is 0.562. The zero-order chi connectivity index (χ0) is 15.9. The molecule has 0 aromatic heterocycles. The Morgan fingerprint density at radius 1 is 1.27 bits per heavy atom. The van der Waals surface area contributed by atoms with E-state index in [0.717, 1.165) is 49.4 Å². The van der Waals surface area contributed by atoms with Gasteiger partial charge >= 0.3 is 0 Å². The molecule has 122 valence electrons. The average molecular weight is 370 g/mol. The van der Waals surface area contributed by atoms with Gasteiger partial charge in [0.15, 0.2) is 0 Å². The minimum atomic E-state index is -0.397. The van der Waals surface area contributed by atoms with Crippen LogP contribution in [0.2, 0.25) is 0 Å². The van der Waals surface area contributed by atoms with Crippen molar-refractivity contribution in [3.8, 4) is 5.75 Å². The third kappa shape index (κ3) is 5.26. The highest BCUT2D eigenvalue weighted by molar-refractivity contribution is 9.10. The molecule has 1 amide bonds. The summed E-state index contributed by atoms with van der Waals surface area (Å²) in [5, 5.41) is 0. The molecule has 2 rings (SSSR count). The van der Waals surface area contributed by atoms with E-state index in [-0.39, 0.29) is 5.91 Å². The molecule has 22 heavy (non-hydrogen) atoms. The number of carbonyl (C=O) groups excluding carboxylic acids is 1. The molecule has 0 aliphatic carbocycles. The van der Waals surface area contributed by atoms with Crippen molar-refractivity contribution in [1.82, 2.24) is 9.80 Å². The lowest BCUT2D eigenvalue weighted by Gasteiger charge is -2.35. The SMILES string of the molecule is C[C@@H](N)C(=O)N1CCN(CCCOc2ccc(Br)cc2)CC1. The Hall–Kier alpha value is -1.11. The molecule has 1 aliphatic rings. The number of nitrogens with zero attached hydrogens (tertiary/aromatic N) is 2. The zero-order valence-electron chi connectivity index (χ0n) is 13.0. The second-order valence-electron chi connectivity index (χ2n) is 5.61. The predicted molar refractivity (Wildman–Crippen MR) is 90.9 cm³/mol. The summed E-state index contributed by atoms with van der Waals surface area (Å²) < 4.78 is 6.77. The van der Waals surface area contributed by atoms with Crippen molar-refractivity contribution in [2.75, 3.05) is 39.3 Å². The summed E-state index contributed by atoms with van der Waals surface area (Å²) in [4.78, 5) is 16.0. The Morgan fingerprint density at radius 3 is 2.50 bits per heavy atom. The number of hydrogen-bond donors (Lipinski definition) is 1. The van der Waals surface area contributed by atoms with E-state index in [9.17, 15) is 4.79 Å². The van der Waals surface area contributed by atoms with Gasteiger partial charge < -0.3 is 15.4 Å². The molecule has 0 radical (unpaired) electrons. The quantitative estimate of drug-likeness (QED) is 0.775. The molecule has 6 heteroatoms. The van der Waals surface area contributed by atoms with Crippen molar-refractivity contribution in [3.05, 3.63) is 28.7 Å². The molecule has 0 spiro atoms. The van der Waals surface area contributed by atoms with E-state index < -0.39 is 6.04 Å². The lowest BCUT2D eigenvalue weighted by molar-refractivity contribution is -0.133. The van der Waals surface area contributed by atoms with Crippen LogP contribution in [-0.2, 0) is 4.79 Å². The molecule has 0 saturated carbocycles. The van der Waals surface area contributed by atoms with E-state index >= 15 is 0 Å². The molecular weight excluding hydrogens is 346 g/mol. The summed E-state index contributed by atoms with van der Waals surface area (Å²) in [5.74, 6) is 0.953. The molecule has 1 aromatic rings. The number of benzene rings is 1. The Labute approximate surface area is 140 Å². The number of ether oxygens (including phenoxy) is 1. The van der Waals surface area contributed by atoms with Crippen LogP contribution in [0, 0.1) is 0 Å². The van der Waals surface area contributed by atoms with Gasteiger partial charge in [-0.1, -0.05) is 15.9 Å². The highest BCUT2D eigenvalue weighted by Crippen LogP contribution is 2.16. The molecule has 1 aliphatic heterocycles. The van der Waals surface area contributed by atoms with Crippen LogP contribution >= 0.6 is 15.9 Å². The van der Waals surface area contributed by atoms with Gasteiger partial charge in [-0.15, -0.1) is 0 Å². The zero-order valence-corrected chi connectivity index (χ0v) is 14.6. The van der Waals surface area contributed by atoms with Gasteiger partial charge in [0, 0.05) is 37.2 Å². The lowest BCUT2D eigenvalue weighted by atomic mass is 10.2. The third-order valence-electron chi connectivity index (χ3n) is 3.77. The summed E-state index contributed by atoms with van der Waals surface area (Å²) in [5.41, 5.74) is 5.64. The Bertz CT molecular complexity index is 471. The van der Waals surface area contributed by atoms with Gasteiger partial charge in [-0.05, 0) is 37.6 Å². The molecule has 1 atom stereocenters. The van der Waals surface area contributed by atoms with E-state index in [1.165, 1.54) is 0 Å². The first-order chi connectivity index (χ1) is 10.6. The van der Waals surface area contributed by atoms with Crippen LogP contribution in [0.25, 0.3) is 0 Å². The van der Waals surface area contributed by atoms with Gasteiger partial charge in [0.2, 0.25) is 5.91 Å². The molecule has 1 aromatic carbocycles. The first-order valence-electron chi connectivity index (χ1n) is 7.71. The molecule has 5 nitrogen and oxygen atoms in total. The maximum Gasteiger partial charge on any atom is 0.239 e. The molecule has 1 fully saturated rings. The standard InChI is InChI=1S/C16H24BrN3O2/c1-13(18)16(21)20-10-8-19(9-11-20)7-2-12-22-15-5-3-14(17)4-6-15/h3-6,13H,2,7-12,18H2,1H3/t13-/m1/s1. The van der Waals surface area contributed by atoms with Crippen molar-refractivity contribution in [3.63, 3.8) is 0 Å². The number of halogens is 1. The van der Waals surface area contributed by atoms with Crippen LogP contribution in [0.4, 0.5) is 0 Å². The molecule has 0 bridgehead atoms. The Morgan fingerprint density at radius 2 is 1.91 bits per heavy atom. The number of rotatable bonds is 6. The first-order valence-corrected chi connectivity index (χ1v) is 8.50. The van der Waals surface area contributed by atoms with Gasteiger partial charge in [-0.25, -0.2) is 0 Å². The predicted octanol–water partition coefficient (Wildman–Crippen LogP) is 1.71. The molecule has 1 saturated heterocycles. The summed E-state index contributed by atoms with van der Waals surface area (Å²) in [6, 6.07) is 7.48. The smallest absolute Gasteiger partial charge is 0.239 e. The fourth-order valence-electron chi connectivity index (χ4n) is 2.49. The highest BCUT2D eigenvalue weighted by atomic mass is 79.9. The summed E-state index contributed by atoms with van der Waals surface area (Å²) in [6.45, 7) is 6.82. The van der Waals surface area contributed by atoms with Crippen molar-refractivity contribution in [2.24, 2.45) is 5.73 Å². The number of piperazine rings is 1. The normalized spacial score (nSPS) is 17.3. The van der Waals surface area contributed by atoms with Crippen LogP contribution in [0.1, 0.15) is 13.3 Å². The first kappa shape index (κ1) is 17.2. The van der Waals surface area contributed by atoms with Gasteiger partial charge in [0.25, 0.3) is 0 Å². The monoisotopic (exact) mass is 369 g/mol. The number of hydrogen-bond acceptors (Lipinski definition) is 4. The van der Waals surface area contributed by atoms with Crippen LogP contribution in [-0.4, -0.2) is 61.1 Å². The summed E-state index contributed by atoms with van der Waals surface area (Å²) >= 11 is 3.41. The second-order valence-corrected chi connectivity index (χ2v) is 6.53. The maximum absolute atomic E-state index is 11.8. The number of amides is 1. The number of nitrogens with two attached hydrogens (primary N) is 1. The molecule has 0 unspecified atom stereocenters. The number of carbonyl (C=O) groups is 1. The van der Waals surface area contributed by atoms with E-state index in [1.807, 2.05) is 29.2 Å². The van der Waals surface area contributed by atoms with Crippen molar-refractivity contribution in [2.45, 2.75) is 19.4 Å². The van der Waals surface area contributed by atoms with Crippen molar-refractivity contribution >= 4 is 21.8 Å². The third-order valence-corrected chi connectivity index (χ3v) is 4.30. The average Bonchev–Trinajstić information content (AvgIpc) is 2.53. The summed E-state index contributed by atoms with van der Waals surface area (Å²) in [6.07, 6.45) is 0.983. The fourth-order valence-corrected chi connectivity index (χ4v) is 2.75. The van der Waals surface area contributed by atoms with Crippen LogP contribution in [0.5, 0.6) is 5.75 Å².